The molecule has 0 fully saturated rings. The number of amides is 1. The molecule has 0 aliphatic rings. The fourth-order valence-corrected chi connectivity index (χ4v) is 2.05. The summed E-state index contributed by atoms with van der Waals surface area (Å²) in [5, 5.41) is 2.71. The summed E-state index contributed by atoms with van der Waals surface area (Å²) in [6.45, 7) is 2.37. The number of rotatable bonds is 8. The maximum Gasteiger partial charge on any atom is 0.338 e. The highest BCUT2D eigenvalue weighted by Gasteiger charge is 2.08. The minimum atomic E-state index is -0.433. The second-order valence-electron chi connectivity index (χ2n) is 5.31. The molecule has 0 atom stereocenters. The van der Waals surface area contributed by atoms with Crippen LogP contribution in [0.15, 0.2) is 48.5 Å². The zero-order valence-corrected chi connectivity index (χ0v) is 14.3. The van der Waals surface area contributed by atoms with Gasteiger partial charge in [-0.25, -0.2) is 4.79 Å². The molecule has 0 aromatic heterocycles. The molecule has 2 rings (SSSR count). The van der Waals surface area contributed by atoms with E-state index in [2.05, 4.69) is 5.32 Å². The Hall–Kier alpha value is -2.86. The van der Waals surface area contributed by atoms with Crippen LogP contribution in [-0.2, 0) is 14.3 Å². The van der Waals surface area contributed by atoms with E-state index in [1.807, 2.05) is 31.2 Å². The first-order chi connectivity index (χ1) is 12.1. The molecule has 0 bridgehead atoms. The van der Waals surface area contributed by atoms with Crippen LogP contribution in [0, 0.1) is 6.92 Å². The van der Waals surface area contributed by atoms with Gasteiger partial charge in [0.2, 0.25) is 0 Å². The Bertz CT molecular complexity index is 712. The Morgan fingerprint density at radius 2 is 1.72 bits per heavy atom. The van der Waals surface area contributed by atoms with Crippen LogP contribution < -0.4 is 10.1 Å². The second-order valence-corrected chi connectivity index (χ2v) is 5.31. The van der Waals surface area contributed by atoms with Gasteiger partial charge in [0.05, 0.1) is 12.2 Å². The van der Waals surface area contributed by atoms with Crippen LogP contribution in [0.5, 0.6) is 5.75 Å². The van der Waals surface area contributed by atoms with E-state index in [4.69, 9.17) is 14.2 Å². The smallest absolute Gasteiger partial charge is 0.338 e. The third-order valence-electron chi connectivity index (χ3n) is 3.38. The van der Waals surface area contributed by atoms with Gasteiger partial charge < -0.3 is 19.5 Å². The molecule has 0 radical (unpaired) electrons. The van der Waals surface area contributed by atoms with Gasteiger partial charge in [-0.1, -0.05) is 18.2 Å². The molecule has 0 aliphatic heterocycles. The number of benzene rings is 2. The molecule has 1 N–H and O–H groups in total. The van der Waals surface area contributed by atoms with Gasteiger partial charge in [-0.05, 0) is 42.8 Å². The first-order valence-electron chi connectivity index (χ1n) is 7.84. The number of nitrogens with one attached hydrogen (secondary N) is 1. The lowest BCUT2D eigenvalue weighted by atomic mass is 10.2. The van der Waals surface area contributed by atoms with Gasteiger partial charge in [0.1, 0.15) is 12.4 Å². The largest absolute Gasteiger partial charge is 0.483 e. The fourth-order valence-electron chi connectivity index (χ4n) is 2.05. The molecule has 0 saturated heterocycles. The van der Waals surface area contributed by atoms with E-state index >= 15 is 0 Å². The van der Waals surface area contributed by atoms with Crippen LogP contribution in [0.25, 0.3) is 0 Å². The van der Waals surface area contributed by atoms with Gasteiger partial charge in [-0.2, -0.15) is 0 Å². The quantitative estimate of drug-likeness (QED) is 0.589. The van der Waals surface area contributed by atoms with Crippen LogP contribution in [0.4, 0.5) is 5.69 Å². The third-order valence-corrected chi connectivity index (χ3v) is 3.38. The number of hydrogen-bond donors (Lipinski definition) is 1. The number of anilines is 1. The number of carbonyl (C=O) groups excluding carboxylic acids is 2. The van der Waals surface area contributed by atoms with Crippen molar-refractivity contribution in [1.82, 2.24) is 0 Å². The molecule has 0 aliphatic carbocycles. The van der Waals surface area contributed by atoms with Crippen LogP contribution in [0.2, 0.25) is 0 Å². The molecule has 0 spiro atoms. The minimum absolute atomic E-state index is 0.0916. The normalized spacial score (nSPS) is 10.2. The number of aryl methyl sites for hydroxylation is 1. The molecule has 0 saturated carbocycles. The summed E-state index contributed by atoms with van der Waals surface area (Å²) >= 11 is 0. The lowest BCUT2D eigenvalue weighted by molar-refractivity contribution is -0.118. The maximum atomic E-state index is 11.9. The van der Waals surface area contributed by atoms with Crippen LogP contribution >= 0.6 is 0 Å². The van der Waals surface area contributed by atoms with Crippen molar-refractivity contribution in [1.29, 1.82) is 0 Å². The number of esters is 1. The van der Waals surface area contributed by atoms with Crippen molar-refractivity contribution in [3.63, 3.8) is 0 Å². The van der Waals surface area contributed by atoms with Gasteiger partial charge >= 0.3 is 5.97 Å². The van der Waals surface area contributed by atoms with Gasteiger partial charge in [0.25, 0.3) is 5.91 Å². The molecule has 6 heteroatoms. The van der Waals surface area contributed by atoms with E-state index in [0.717, 1.165) is 5.56 Å². The number of ether oxygens (including phenoxy) is 3. The number of carbonyl (C=O) groups is 2. The average Bonchev–Trinajstić information content (AvgIpc) is 2.62. The highest BCUT2D eigenvalue weighted by molar-refractivity contribution is 5.93. The fraction of sp³-hybridized carbons (Fsp3) is 0.263. The van der Waals surface area contributed by atoms with Crippen LogP contribution in [0.1, 0.15) is 15.9 Å². The van der Waals surface area contributed by atoms with Gasteiger partial charge in [-0.3, -0.25) is 4.79 Å². The monoisotopic (exact) mass is 343 g/mol. The molecule has 0 unspecified atom stereocenters. The summed E-state index contributed by atoms with van der Waals surface area (Å²) in [5.41, 5.74) is 1.95. The molecule has 132 valence electrons. The molecular formula is C19H21NO5. The first kappa shape index (κ1) is 18.5. The number of para-hydroxylation sites is 1. The molecule has 6 nitrogen and oxygen atoms in total. The summed E-state index contributed by atoms with van der Waals surface area (Å²) in [5.74, 6) is -0.0386. The molecule has 25 heavy (non-hydrogen) atoms. The lowest BCUT2D eigenvalue weighted by Gasteiger charge is -2.10. The molecule has 2 aromatic carbocycles. The van der Waals surface area contributed by atoms with Crippen molar-refractivity contribution in [2.24, 2.45) is 0 Å². The Morgan fingerprint density at radius 1 is 1.00 bits per heavy atom. The summed E-state index contributed by atoms with van der Waals surface area (Å²) < 4.78 is 15.3. The van der Waals surface area contributed by atoms with Gasteiger partial charge in [0, 0.05) is 12.8 Å². The van der Waals surface area contributed by atoms with Crippen molar-refractivity contribution in [3.05, 3.63) is 59.7 Å². The van der Waals surface area contributed by atoms with Crippen molar-refractivity contribution in [2.45, 2.75) is 6.92 Å². The van der Waals surface area contributed by atoms with E-state index in [0.29, 0.717) is 23.6 Å². The molecular weight excluding hydrogens is 322 g/mol. The van der Waals surface area contributed by atoms with E-state index < -0.39 is 5.97 Å². The maximum absolute atomic E-state index is 11.9. The van der Waals surface area contributed by atoms with E-state index in [-0.39, 0.29) is 19.1 Å². The van der Waals surface area contributed by atoms with Gasteiger partial charge in [0.15, 0.2) is 6.61 Å². The zero-order valence-electron chi connectivity index (χ0n) is 14.3. The van der Waals surface area contributed by atoms with Crippen molar-refractivity contribution in [3.8, 4) is 5.75 Å². The van der Waals surface area contributed by atoms with Gasteiger partial charge in [-0.15, -0.1) is 0 Å². The van der Waals surface area contributed by atoms with E-state index in [1.54, 1.807) is 24.3 Å². The highest BCUT2D eigenvalue weighted by atomic mass is 16.6. The minimum Gasteiger partial charge on any atom is -0.483 e. The summed E-state index contributed by atoms with van der Waals surface area (Å²) in [6, 6.07) is 13.9. The summed E-state index contributed by atoms with van der Waals surface area (Å²) in [4.78, 5) is 23.7. The third kappa shape index (κ3) is 5.93. The SMILES string of the molecule is COCCOC(=O)c1ccc(NC(=O)COc2ccccc2C)cc1. The number of methoxy groups -OCH3 is 1. The van der Waals surface area contributed by atoms with Crippen molar-refractivity contribution >= 4 is 17.6 Å². The van der Waals surface area contributed by atoms with Crippen molar-refractivity contribution in [2.75, 3.05) is 32.2 Å². The Kier molecular flexibility index (Phi) is 6.98. The molecule has 1 amide bonds. The predicted octanol–water partition coefficient (Wildman–Crippen LogP) is 2.82. The van der Waals surface area contributed by atoms with Crippen molar-refractivity contribution < 1.29 is 23.8 Å². The Morgan fingerprint density at radius 3 is 2.40 bits per heavy atom. The Labute approximate surface area is 146 Å². The second kappa shape index (κ2) is 9.44. The van der Waals surface area contributed by atoms with Crippen LogP contribution in [-0.4, -0.2) is 38.8 Å². The van der Waals surface area contributed by atoms with Crippen LogP contribution in [0.3, 0.4) is 0 Å². The molecule has 2 aromatic rings. The first-order valence-corrected chi connectivity index (χ1v) is 7.84. The van der Waals surface area contributed by atoms with E-state index in [9.17, 15) is 9.59 Å². The summed E-state index contributed by atoms with van der Waals surface area (Å²) in [7, 11) is 1.54. The number of hydrogen-bond acceptors (Lipinski definition) is 5. The topological polar surface area (TPSA) is 73.9 Å². The standard InChI is InChI=1S/C19H21NO5/c1-14-5-3-4-6-17(14)25-13-18(21)20-16-9-7-15(8-10-16)19(22)24-12-11-23-2/h3-10H,11-13H2,1-2H3,(H,20,21). The molecule has 0 heterocycles. The predicted molar refractivity (Wildman–Crippen MR) is 93.9 cm³/mol. The summed E-state index contributed by atoms with van der Waals surface area (Å²) in [6.07, 6.45) is 0. The van der Waals surface area contributed by atoms with E-state index in [1.165, 1.54) is 7.11 Å². The lowest BCUT2D eigenvalue weighted by Crippen LogP contribution is -2.20. The highest BCUT2D eigenvalue weighted by Crippen LogP contribution is 2.16. The zero-order chi connectivity index (χ0) is 18.1. The average molecular weight is 343 g/mol. The Balaban J connectivity index is 1.83.